The van der Waals surface area contributed by atoms with Crippen LogP contribution < -0.4 is 5.32 Å². The SMILES string of the molecule is CS1=CC1(CNC(C)(C)C)c1cccc(C2CCCC2)n1. The maximum Gasteiger partial charge on any atom is 0.0884 e. The van der Waals surface area contributed by atoms with E-state index < -0.39 is 0 Å². The van der Waals surface area contributed by atoms with Crippen molar-refractivity contribution < 1.29 is 0 Å². The lowest BCUT2D eigenvalue weighted by atomic mass is 10.00. The highest BCUT2D eigenvalue weighted by molar-refractivity contribution is 8.23. The highest BCUT2D eigenvalue weighted by atomic mass is 32.2. The van der Waals surface area contributed by atoms with Gasteiger partial charge in [-0.25, -0.2) is 0 Å². The number of rotatable bonds is 4. The summed E-state index contributed by atoms with van der Waals surface area (Å²) in [5, 5.41) is 6.16. The molecule has 2 aliphatic rings. The molecule has 3 rings (SSSR count). The minimum absolute atomic E-state index is 0.163. The standard InChI is InChI=1S/C18H28N2S/c1-17(2,3)19-12-18(13-21(18)4)16-11-7-10-15(20-16)14-8-5-6-9-14/h7,10-11,13-14,19H,5-6,8-9,12H2,1-4H3. The third-order valence-corrected chi connectivity index (χ3v) is 6.87. The first-order valence-electron chi connectivity index (χ1n) is 8.14. The molecule has 3 heteroatoms. The van der Waals surface area contributed by atoms with Gasteiger partial charge in [-0.05, 0) is 57.4 Å². The van der Waals surface area contributed by atoms with Gasteiger partial charge in [-0.3, -0.25) is 4.98 Å². The van der Waals surface area contributed by atoms with Crippen molar-refractivity contribution >= 4 is 15.9 Å². The van der Waals surface area contributed by atoms with Crippen LogP contribution in [0.15, 0.2) is 18.2 Å². The van der Waals surface area contributed by atoms with Gasteiger partial charge in [0.15, 0.2) is 0 Å². The van der Waals surface area contributed by atoms with Crippen LogP contribution in [0.3, 0.4) is 0 Å². The summed E-state index contributed by atoms with van der Waals surface area (Å²) in [6.45, 7) is 7.72. The maximum absolute atomic E-state index is 5.08. The fourth-order valence-corrected chi connectivity index (χ4v) is 5.02. The van der Waals surface area contributed by atoms with Crippen LogP contribution in [0.4, 0.5) is 0 Å². The van der Waals surface area contributed by atoms with Crippen molar-refractivity contribution in [2.45, 2.75) is 62.7 Å². The molecule has 1 N–H and O–H groups in total. The van der Waals surface area contributed by atoms with Gasteiger partial charge < -0.3 is 5.32 Å². The first kappa shape index (κ1) is 15.2. The summed E-state index contributed by atoms with van der Waals surface area (Å²) in [6, 6.07) is 6.69. The summed E-state index contributed by atoms with van der Waals surface area (Å²) in [5.74, 6) is 0.704. The van der Waals surface area contributed by atoms with E-state index in [1.807, 2.05) is 0 Å². The average Bonchev–Trinajstić information content (AvgIpc) is 2.88. The predicted octanol–water partition coefficient (Wildman–Crippen LogP) is 4.04. The van der Waals surface area contributed by atoms with Crippen LogP contribution in [0.5, 0.6) is 0 Å². The average molecular weight is 305 g/mol. The molecule has 0 saturated heterocycles. The number of hydrogen-bond donors (Lipinski definition) is 1. The Balaban J connectivity index is 1.79. The second-order valence-electron chi connectivity index (χ2n) is 7.60. The predicted molar refractivity (Wildman–Crippen MR) is 94.5 cm³/mol. The Kier molecular flexibility index (Phi) is 4.00. The molecule has 0 spiro atoms. The molecule has 1 aliphatic carbocycles. The number of aromatic nitrogens is 1. The van der Waals surface area contributed by atoms with E-state index in [2.05, 4.69) is 55.9 Å². The molecular formula is C18H28N2S. The Morgan fingerprint density at radius 2 is 1.95 bits per heavy atom. The zero-order valence-corrected chi connectivity index (χ0v) is 14.6. The van der Waals surface area contributed by atoms with Crippen LogP contribution in [0, 0.1) is 0 Å². The number of nitrogens with one attached hydrogen (secondary N) is 1. The smallest absolute Gasteiger partial charge is 0.0884 e. The highest BCUT2D eigenvalue weighted by Gasteiger charge is 2.44. The van der Waals surface area contributed by atoms with E-state index in [0.717, 1.165) is 6.54 Å². The van der Waals surface area contributed by atoms with Gasteiger partial charge in [-0.2, -0.15) is 10.5 Å². The van der Waals surface area contributed by atoms with Gasteiger partial charge in [-0.1, -0.05) is 18.9 Å². The molecule has 116 valence electrons. The first-order valence-corrected chi connectivity index (χ1v) is 9.84. The molecule has 0 aromatic carbocycles. The van der Waals surface area contributed by atoms with Crippen LogP contribution in [-0.2, 0) is 4.75 Å². The van der Waals surface area contributed by atoms with Crippen LogP contribution >= 0.6 is 10.5 Å². The monoisotopic (exact) mass is 304 g/mol. The van der Waals surface area contributed by atoms with Gasteiger partial charge in [0.25, 0.3) is 0 Å². The molecule has 1 fully saturated rings. The van der Waals surface area contributed by atoms with Gasteiger partial charge in [0.05, 0.1) is 10.4 Å². The van der Waals surface area contributed by atoms with Crippen molar-refractivity contribution in [3.63, 3.8) is 0 Å². The lowest BCUT2D eigenvalue weighted by Gasteiger charge is -2.26. The highest BCUT2D eigenvalue weighted by Crippen LogP contribution is 2.50. The molecule has 1 aromatic rings. The summed E-state index contributed by atoms with van der Waals surface area (Å²) in [6.07, 6.45) is 7.74. The summed E-state index contributed by atoms with van der Waals surface area (Å²) in [4.78, 5) is 5.08. The van der Waals surface area contributed by atoms with Crippen molar-refractivity contribution in [3.05, 3.63) is 29.6 Å². The van der Waals surface area contributed by atoms with Crippen molar-refractivity contribution in [1.29, 1.82) is 0 Å². The fraction of sp³-hybridized carbons (Fsp3) is 0.667. The second-order valence-corrected chi connectivity index (χ2v) is 9.68. The minimum Gasteiger partial charge on any atom is -0.310 e. The minimum atomic E-state index is 0.163. The molecule has 2 atom stereocenters. The summed E-state index contributed by atoms with van der Waals surface area (Å²) < 4.78 is 0.182. The molecule has 2 nitrogen and oxygen atoms in total. The lowest BCUT2D eigenvalue weighted by molar-refractivity contribution is 0.418. The van der Waals surface area contributed by atoms with E-state index in [9.17, 15) is 0 Å². The molecule has 2 unspecified atom stereocenters. The Bertz CT molecular complexity index is 553. The molecule has 21 heavy (non-hydrogen) atoms. The Morgan fingerprint density at radius 3 is 2.52 bits per heavy atom. The number of nitrogens with zero attached hydrogens (tertiary/aromatic N) is 1. The van der Waals surface area contributed by atoms with Gasteiger partial charge in [-0.15, -0.1) is 0 Å². The largest absolute Gasteiger partial charge is 0.310 e. The third-order valence-electron chi connectivity index (χ3n) is 4.74. The molecule has 1 saturated carbocycles. The molecule has 0 bridgehead atoms. The van der Waals surface area contributed by atoms with E-state index in [0.29, 0.717) is 16.4 Å². The zero-order chi connectivity index (χ0) is 15.1. The van der Waals surface area contributed by atoms with Crippen molar-refractivity contribution in [2.24, 2.45) is 0 Å². The van der Waals surface area contributed by atoms with E-state index >= 15 is 0 Å². The summed E-state index contributed by atoms with van der Waals surface area (Å²) in [5.41, 5.74) is 2.78. The fourth-order valence-electron chi connectivity index (χ4n) is 3.27. The van der Waals surface area contributed by atoms with Crippen molar-refractivity contribution in [1.82, 2.24) is 10.3 Å². The normalized spacial score (nSPS) is 29.4. The van der Waals surface area contributed by atoms with Gasteiger partial charge >= 0.3 is 0 Å². The van der Waals surface area contributed by atoms with Crippen molar-refractivity contribution in [3.8, 4) is 0 Å². The quantitative estimate of drug-likeness (QED) is 0.849. The maximum atomic E-state index is 5.08. The van der Waals surface area contributed by atoms with Crippen LogP contribution in [0.1, 0.15) is 63.8 Å². The molecule has 2 heterocycles. The molecular weight excluding hydrogens is 276 g/mol. The van der Waals surface area contributed by atoms with E-state index in [-0.39, 0.29) is 10.3 Å². The lowest BCUT2D eigenvalue weighted by Crippen LogP contribution is -2.42. The number of pyridine rings is 1. The number of hydrogen-bond acceptors (Lipinski definition) is 2. The third kappa shape index (κ3) is 3.24. The van der Waals surface area contributed by atoms with Gasteiger partial charge in [0.1, 0.15) is 0 Å². The Labute approximate surface area is 131 Å². The molecule has 1 aliphatic heterocycles. The van der Waals surface area contributed by atoms with Crippen molar-refractivity contribution in [2.75, 3.05) is 12.8 Å². The van der Waals surface area contributed by atoms with Crippen LogP contribution in [-0.4, -0.2) is 28.7 Å². The first-order chi connectivity index (χ1) is 9.91. The topological polar surface area (TPSA) is 24.9 Å². The molecule has 0 radical (unpaired) electrons. The van der Waals surface area contributed by atoms with E-state index in [1.54, 1.807) is 0 Å². The Morgan fingerprint density at radius 1 is 1.29 bits per heavy atom. The summed E-state index contributed by atoms with van der Waals surface area (Å²) >= 11 is 0. The zero-order valence-electron chi connectivity index (χ0n) is 13.8. The second kappa shape index (κ2) is 5.51. The van der Waals surface area contributed by atoms with E-state index in [1.165, 1.54) is 37.1 Å². The van der Waals surface area contributed by atoms with Gasteiger partial charge in [0.2, 0.25) is 0 Å². The molecule has 1 aromatic heterocycles. The van der Waals surface area contributed by atoms with Crippen LogP contribution in [0.2, 0.25) is 0 Å². The Hall–Kier alpha value is -0.670. The van der Waals surface area contributed by atoms with E-state index in [4.69, 9.17) is 4.98 Å². The van der Waals surface area contributed by atoms with Gasteiger partial charge in [0, 0.05) is 23.7 Å². The summed E-state index contributed by atoms with van der Waals surface area (Å²) in [7, 11) is 0.347. The van der Waals surface area contributed by atoms with Crippen LogP contribution in [0.25, 0.3) is 0 Å². The molecule has 0 amide bonds.